The number of hydrogen-bond donors (Lipinski definition) is 2. The van der Waals surface area contributed by atoms with Gasteiger partial charge in [0.25, 0.3) is 0 Å². The summed E-state index contributed by atoms with van der Waals surface area (Å²) in [5, 5.41) is 10.9. The Morgan fingerprint density at radius 1 is 1.22 bits per heavy atom. The van der Waals surface area contributed by atoms with Crippen LogP contribution >= 0.6 is 24.0 Å². The Hall–Kier alpha value is -1.42. The first-order valence-electron chi connectivity index (χ1n) is 8.91. The molecule has 0 bridgehead atoms. The lowest BCUT2D eigenvalue weighted by Gasteiger charge is -2.11. The number of rotatable bonds is 8. The summed E-state index contributed by atoms with van der Waals surface area (Å²) in [5.74, 6) is 1.92. The summed E-state index contributed by atoms with van der Waals surface area (Å²) in [7, 11) is 1.05. The second-order valence-corrected chi connectivity index (χ2v) is 7.75. The lowest BCUT2D eigenvalue weighted by molar-refractivity contribution is 0.680. The van der Waals surface area contributed by atoms with Gasteiger partial charge < -0.3 is 10.6 Å². The highest BCUT2D eigenvalue weighted by molar-refractivity contribution is 14.0. The average Bonchev–Trinajstić information content (AvgIpc) is 2.86. The van der Waals surface area contributed by atoms with Crippen LogP contribution in [0.2, 0.25) is 0 Å². The molecule has 0 fully saturated rings. The van der Waals surface area contributed by atoms with Gasteiger partial charge >= 0.3 is 0 Å². The van der Waals surface area contributed by atoms with Crippen LogP contribution in [0.25, 0.3) is 0 Å². The minimum Gasteiger partial charge on any atom is -0.357 e. The van der Waals surface area contributed by atoms with Gasteiger partial charge in [0.1, 0.15) is 0 Å². The van der Waals surface area contributed by atoms with E-state index in [4.69, 9.17) is 0 Å². The Morgan fingerprint density at radius 3 is 2.52 bits per heavy atom. The first kappa shape index (κ1) is 23.6. The summed E-state index contributed by atoms with van der Waals surface area (Å²) in [6.07, 6.45) is 0. The topological polar surface area (TPSA) is 71.3 Å². The third-order valence-corrected chi connectivity index (χ3v) is 5.51. The van der Waals surface area contributed by atoms with Gasteiger partial charge in [-0.05, 0) is 26.3 Å². The number of halogens is 1. The third kappa shape index (κ3) is 7.61. The molecular weight excluding hydrogens is 473 g/mol. The standard InChI is InChI=1S/C19H29N5OS.HI/c1-5-20-19(22-13-18-15(2)23-24(4)16(18)3)21-11-12-26(25)14-17-9-7-6-8-10-17;/h6-10H,5,11-14H2,1-4H3,(H2,20,21,22);1H. The summed E-state index contributed by atoms with van der Waals surface area (Å²) in [4.78, 5) is 4.64. The first-order valence-corrected chi connectivity index (χ1v) is 10.4. The number of aryl methyl sites for hydroxylation is 2. The fraction of sp³-hybridized carbons (Fsp3) is 0.474. The zero-order chi connectivity index (χ0) is 18.9. The molecule has 0 aliphatic carbocycles. The molecule has 0 spiro atoms. The Morgan fingerprint density at radius 2 is 1.93 bits per heavy atom. The number of guanidine groups is 1. The maximum Gasteiger partial charge on any atom is 0.191 e. The van der Waals surface area contributed by atoms with Crippen LogP contribution in [0.5, 0.6) is 0 Å². The number of nitrogens with zero attached hydrogens (tertiary/aromatic N) is 3. The highest BCUT2D eigenvalue weighted by Crippen LogP contribution is 2.12. The van der Waals surface area contributed by atoms with Crippen molar-refractivity contribution >= 4 is 40.7 Å². The van der Waals surface area contributed by atoms with Gasteiger partial charge in [0, 0.05) is 53.7 Å². The lowest BCUT2D eigenvalue weighted by Crippen LogP contribution is -2.39. The number of aromatic nitrogens is 2. The fourth-order valence-corrected chi connectivity index (χ4v) is 3.70. The summed E-state index contributed by atoms with van der Waals surface area (Å²) >= 11 is 0. The van der Waals surface area contributed by atoms with E-state index in [2.05, 4.69) is 27.6 Å². The number of nitrogens with one attached hydrogen (secondary N) is 2. The van der Waals surface area contributed by atoms with Crippen LogP contribution in [-0.2, 0) is 30.1 Å². The molecule has 0 radical (unpaired) electrons. The van der Waals surface area contributed by atoms with Gasteiger partial charge in [0.15, 0.2) is 5.96 Å². The van der Waals surface area contributed by atoms with Crippen LogP contribution in [0.4, 0.5) is 0 Å². The maximum atomic E-state index is 12.2. The Labute approximate surface area is 181 Å². The molecule has 0 amide bonds. The van der Waals surface area contributed by atoms with Crippen molar-refractivity contribution in [3.05, 3.63) is 52.8 Å². The number of hydrogen-bond acceptors (Lipinski definition) is 3. The molecule has 150 valence electrons. The molecule has 0 aliphatic rings. The quantitative estimate of drug-likeness (QED) is 0.330. The van der Waals surface area contributed by atoms with E-state index in [0.717, 1.165) is 35.0 Å². The van der Waals surface area contributed by atoms with Gasteiger partial charge in [-0.25, -0.2) is 4.99 Å². The predicted molar refractivity (Wildman–Crippen MR) is 124 cm³/mol. The van der Waals surface area contributed by atoms with Gasteiger partial charge in [-0.1, -0.05) is 30.3 Å². The highest BCUT2D eigenvalue weighted by Gasteiger charge is 2.09. The van der Waals surface area contributed by atoms with Crippen LogP contribution in [0.1, 0.15) is 29.4 Å². The molecule has 0 aliphatic heterocycles. The van der Waals surface area contributed by atoms with Crippen LogP contribution in [0.3, 0.4) is 0 Å². The predicted octanol–water partition coefficient (Wildman–Crippen LogP) is 2.66. The molecule has 1 unspecified atom stereocenters. The summed E-state index contributed by atoms with van der Waals surface area (Å²) in [6.45, 7) is 8.07. The van der Waals surface area contributed by atoms with Crippen molar-refractivity contribution in [2.24, 2.45) is 12.0 Å². The largest absolute Gasteiger partial charge is 0.357 e. The molecule has 1 atom stereocenters. The second-order valence-electron chi connectivity index (χ2n) is 6.17. The average molecular weight is 503 g/mol. The van der Waals surface area contributed by atoms with Gasteiger partial charge in [-0.3, -0.25) is 8.89 Å². The highest BCUT2D eigenvalue weighted by atomic mass is 127. The van der Waals surface area contributed by atoms with E-state index in [1.807, 2.05) is 55.9 Å². The van der Waals surface area contributed by atoms with Crippen molar-refractivity contribution in [1.82, 2.24) is 20.4 Å². The van der Waals surface area contributed by atoms with Crippen LogP contribution in [-0.4, -0.2) is 38.8 Å². The monoisotopic (exact) mass is 503 g/mol. The fourth-order valence-electron chi connectivity index (χ4n) is 2.66. The van der Waals surface area contributed by atoms with E-state index in [1.54, 1.807) is 0 Å². The minimum absolute atomic E-state index is 0. The number of aliphatic imine (C=N–C) groups is 1. The molecule has 1 heterocycles. The molecule has 1 aromatic carbocycles. The maximum absolute atomic E-state index is 12.2. The third-order valence-electron chi connectivity index (χ3n) is 4.19. The first-order chi connectivity index (χ1) is 12.5. The van der Waals surface area contributed by atoms with E-state index >= 15 is 0 Å². The molecule has 1 aromatic heterocycles. The number of benzene rings is 1. The van der Waals surface area contributed by atoms with Crippen molar-refractivity contribution in [3.8, 4) is 0 Å². The van der Waals surface area contributed by atoms with Crippen molar-refractivity contribution in [2.45, 2.75) is 33.1 Å². The molecule has 27 heavy (non-hydrogen) atoms. The zero-order valence-corrected chi connectivity index (χ0v) is 19.6. The molecule has 8 heteroatoms. The summed E-state index contributed by atoms with van der Waals surface area (Å²) in [5.41, 5.74) is 4.39. The molecule has 0 saturated heterocycles. The Kier molecular flexibility index (Phi) is 10.6. The van der Waals surface area contributed by atoms with Crippen LogP contribution in [0.15, 0.2) is 35.3 Å². The smallest absolute Gasteiger partial charge is 0.191 e. The second kappa shape index (κ2) is 12.1. The van der Waals surface area contributed by atoms with Gasteiger partial charge in [-0.2, -0.15) is 5.10 Å². The normalized spacial score (nSPS) is 12.4. The molecular formula is C19H30IN5OS. The van der Waals surface area contributed by atoms with E-state index in [9.17, 15) is 4.21 Å². The molecule has 2 aromatic rings. The van der Waals surface area contributed by atoms with Gasteiger partial charge in [0.2, 0.25) is 0 Å². The molecule has 2 rings (SSSR count). The van der Waals surface area contributed by atoms with E-state index < -0.39 is 10.8 Å². The summed E-state index contributed by atoms with van der Waals surface area (Å²) < 4.78 is 14.1. The minimum atomic E-state index is -0.894. The Bertz CT molecular complexity index is 761. The zero-order valence-electron chi connectivity index (χ0n) is 16.5. The van der Waals surface area contributed by atoms with Gasteiger partial charge in [-0.15, -0.1) is 24.0 Å². The van der Waals surface area contributed by atoms with E-state index in [-0.39, 0.29) is 24.0 Å². The molecule has 2 N–H and O–H groups in total. The summed E-state index contributed by atoms with van der Waals surface area (Å²) in [6, 6.07) is 9.94. The van der Waals surface area contributed by atoms with Crippen molar-refractivity contribution in [2.75, 3.05) is 18.8 Å². The van der Waals surface area contributed by atoms with E-state index in [0.29, 0.717) is 24.6 Å². The van der Waals surface area contributed by atoms with Crippen molar-refractivity contribution in [1.29, 1.82) is 0 Å². The lowest BCUT2D eigenvalue weighted by atomic mass is 10.2. The SMILES string of the molecule is CCNC(=NCc1c(C)nn(C)c1C)NCCS(=O)Cc1ccccc1.I. The molecule has 0 saturated carbocycles. The van der Waals surface area contributed by atoms with Crippen molar-refractivity contribution < 1.29 is 4.21 Å². The Balaban J connectivity index is 0.00000364. The van der Waals surface area contributed by atoms with Crippen LogP contribution in [0, 0.1) is 13.8 Å². The van der Waals surface area contributed by atoms with E-state index in [1.165, 1.54) is 0 Å². The van der Waals surface area contributed by atoms with Crippen LogP contribution < -0.4 is 10.6 Å². The molecule has 6 nitrogen and oxygen atoms in total. The van der Waals surface area contributed by atoms with Gasteiger partial charge in [0.05, 0.1) is 12.2 Å². The van der Waals surface area contributed by atoms with Crippen molar-refractivity contribution in [3.63, 3.8) is 0 Å².